The molecule has 0 saturated heterocycles. The van der Waals surface area contributed by atoms with Gasteiger partial charge in [0.15, 0.2) is 0 Å². The molecule has 4 rings (SSSR count). The van der Waals surface area contributed by atoms with Crippen molar-refractivity contribution in [1.82, 2.24) is 20.4 Å². The molecule has 0 aliphatic carbocycles. The van der Waals surface area contributed by atoms with E-state index < -0.39 is 0 Å². The van der Waals surface area contributed by atoms with Crippen LogP contribution < -0.4 is 10.6 Å². The van der Waals surface area contributed by atoms with Gasteiger partial charge in [-0.25, -0.2) is 4.68 Å². The van der Waals surface area contributed by atoms with E-state index in [1.54, 1.807) is 0 Å². The summed E-state index contributed by atoms with van der Waals surface area (Å²) in [6.45, 7) is 4.48. The number of fused-ring (bicyclic) bond motifs is 1. The zero-order valence-corrected chi connectivity index (χ0v) is 16.1. The first-order valence-electron chi connectivity index (χ1n) is 8.44. The molecule has 1 amide bonds. The van der Waals surface area contributed by atoms with Crippen molar-refractivity contribution in [2.75, 3.05) is 19.6 Å². The normalized spacial score (nSPS) is 14.0. The molecular weight excluding hydrogens is 368 g/mol. The lowest BCUT2D eigenvalue weighted by Crippen LogP contribution is -2.29. The number of benzene rings is 1. The highest BCUT2D eigenvalue weighted by atomic mass is 35.5. The number of carbonyl (C=O) groups is 1. The third-order valence-corrected chi connectivity index (χ3v) is 5.51. The van der Waals surface area contributed by atoms with Crippen LogP contribution in [0.2, 0.25) is 0 Å². The van der Waals surface area contributed by atoms with Crippen LogP contribution in [0.4, 0.5) is 0 Å². The maximum atomic E-state index is 12.5. The molecule has 0 radical (unpaired) electrons. The number of para-hydroxylation sites is 1. The van der Waals surface area contributed by atoms with E-state index in [2.05, 4.69) is 21.8 Å². The van der Waals surface area contributed by atoms with Gasteiger partial charge in [0.05, 0.1) is 16.3 Å². The van der Waals surface area contributed by atoms with Crippen LogP contribution in [0.1, 0.15) is 21.8 Å². The number of nitrogens with one attached hydrogen (secondary N) is 2. The van der Waals surface area contributed by atoms with Gasteiger partial charge in [-0.15, -0.1) is 23.7 Å². The minimum Gasteiger partial charge on any atom is -0.348 e. The van der Waals surface area contributed by atoms with E-state index in [9.17, 15) is 4.79 Å². The number of thiophene rings is 1. The van der Waals surface area contributed by atoms with E-state index in [0.29, 0.717) is 6.54 Å². The SMILES string of the molecule is Cc1nn(-c2ccccc2)c2sc(C(=O)NCC3=CCNCC3)cc12.Cl. The van der Waals surface area contributed by atoms with Crippen LogP contribution in [0.3, 0.4) is 0 Å². The van der Waals surface area contributed by atoms with Crippen molar-refractivity contribution in [1.29, 1.82) is 0 Å². The quantitative estimate of drug-likeness (QED) is 0.673. The fourth-order valence-corrected chi connectivity index (χ4v) is 4.11. The fraction of sp³-hybridized carbons (Fsp3) is 0.263. The second kappa shape index (κ2) is 8.03. The van der Waals surface area contributed by atoms with Crippen molar-refractivity contribution in [3.05, 3.63) is 58.6 Å². The van der Waals surface area contributed by atoms with Gasteiger partial charge in [0, 0.05) is 18.5 Å². The lowest BCUT2D eigenvalue weighted by molar-refractivity contribution is 0.0960. The topological polar surface area (TPSA) is 59.0 Å². The smallest absolute Gasteiger partial charge is 0.261 e. The molecular formula is C19H21ClN4OS. The van der Waals surface area contributed by atoms with E-state index >= 15 is 0 Å². The summed E-state index contributed by atoms with van der Waals surface area (Å²) >= 11 is 1.49. The lowest BCUT2D eigenvalue weighted by atomic mass is 10.1. The molecule has 2 N–H and O–H groups in total. The van der Waals surface area contributed by atoms with Crippen molar-refractivity contribution < 1.29 is 4.79 Å². The Morgan fingerprint density at radius 1 is 1.35 bits per heavy atom. The van der Waals surface area contributed by atoms with E-state index in [0.717, 1.165) is 46.0 Å². The van der Waals surface area contributed by atoms with Crippen LogP contribution in [0.5, 0.6) is 0 Å². The second-order valence-corrected chi connectivity index (χ2v) is 7.19. The lowest BCUT2D eigenvalue weighted by Gasteiger charge is -2.14. The first kappa shape index (κ1) is 18.6. The second-order valence-electron chi connectivity index (χ2n) is 6.16. The number of hydrogen-bond acceptors (Lipinski definition) is 4. The van der Waals surface area contributed by atoms with Gasteiger partial charge in [-0.3, -0.25) is 4.79 Å². The summed E-state index contributed by atoms with van der Waals surface area (Å²) in [6, 6.07) is 12.0. The summed E-state index contributed by atoms with van der Waals surface area (Å²) in [5, 5.41) is 12.0. The first-order chi connectivity index (χ1) is 12.2. The van der Waals surface area contributed by atoms with Gasteiger partial charge in [-0.1, -0.05) is 29.8 Å². The summed E-state index contributed by atoms with van der Waals surface area (Å²) in [4.78, 5) is 14.3. The number of hydrogen-bond donors (Lipinski definition) is 2. The molecule has 0 atom stereocenters. The molecule has 1 aromatic carbocycles. The van der Waals surface area contributed by atoms with Crippen molar-refractivity contribution in [2.45, 2.75) is 13.3 Å². The maximum absolute atomic E-state index is 12.5. The predicted molar refractivity (Wildman–Crippen MR) is 109 cm³/mol. The van der Waals surface area contributed by atoms with Crippen LogP contribution in [0.15, 0.2) is 48.0 Å². The van der Waals surface area contributed by atoms with Crippen molar-refractivity contribution in [3.63, 3.8) is 0 Å². The van der Waals surface area contributed by atoms with Crippen LogP contribution in [-0.4, -0.2) is 35.3 Å². The maximum Gasteiger partial charge on any atom is 0.261 e. The number of rotatable bonds is 4. The van der Waals surface area contributed by atoms with Gasteiger partial charge in [-0.2, -0.15) is 5.10 Å². The van der Waals surface area contributed by atoms with Gasteiger partial charge in [-0.05, 0) is 38.1 Å². The molecule has 0 spiro atoms. The predicted octanol–water partition coefficient (Wildman–Crippen LogP) is 3.47. The van der Waals surface area contributed by atoms with Gasteiger partial charge in [0.25, 0.3) is 5.91 Å². The molecule has 3 aromatic rings. The molecule has 3 heterocycles. The average Bonchev–Trinajstić information content (AvgIpc) is 3.22. The van der Waals surface area contributed by atoms with Crippen LogP contribution >= 0.6 is 23.7 Å². The number of aryl methyl sites for hydroxylation is 1. The Bertz CT molecular complexity index is 945. The molecule has 5 nitrogen and oxygen atoms in total. The molecule has 136 valence electrons. The summed E-state index contributed by atoms with van der Waals surface area (Å²) in [7, 11) is 0. The molecule has 1 aliphatic rings. The highest BCUT2D eigenvalue weighted by molar-refractivity contribution is 7.20. The third-order valence-electron chi connectivity index (χ3n) is 4.40. The Morgan fingerprint density at radius 2 is 2.15 bits per heavy atom. The van der Waals surface area contributed by atoms with Crippen LogP contribution in [0, 0.1) is 6.92 Å². The Balaban J connectivity index is 0.00000196. The Labute approximate surface area is 162 Å². The minimum atomic E-state index is -0.0142. The average molecular weight is 389 g/mol. The number of amides is 1. The zero-order chi connectivity index (χ0) is 17.2. The summed E-state index contributed by atoms with van der Waals surface area (Å²) in [5.74, 6) is -0.0142. The highest BCUT2D eigenvalue weighted by Gasteiger charge is 2.17. The van der Waals surface area contributed by atoms with E-state index in [1.807, 2.05) is 48.0 Å². The van der Waals surface area contributed by atoms with E-state index in [-0.39, 0.29) is 18.3 Å². The monoisotopic (exact) mass is 388 g/mol. The molecule has 7 heteroatoms. The standard InChI is InChI=1S/C19H20N4OS.ClH/c1-13-16-11-17(18(24)21-12-14-7-9-20-10-8-14)25-19(16)23(22-13)15-5-3-2-4-6-15;/h2-7,11,20H,8-10,12H2,1H3,(H,21,24);1H. The van der Waals surface area contributed by atoms with Crippen molar-refractivity contribution >= 4 is 39.9 Å². The summed E-state index contributed by atoms with van der Waals surface area (Å²) < 4.78 is 1.92. The Hall–Kier alpha value is -2.15. The Morgan fingerprint density at radius 3 is 2.88 bits per heavy atom. The molecule has 0 bridgehead atoms. The van der Waals surface area contributed by atoms with Crippen molar-refractivity contribution in [2.24, 2.45) is 0 Å². The van der Waals surface area contributed by atoms with Gasteiger partial charge in [0.1, 0.15) is 4.83 Å². The molecule has 0 fully saturated rings. The molecule has 2 aromatic heterocycles. The zero-order valence-electron chi connectivity index (χ0n) is 14.5. The van der Waals surface area contributed by atoms with Gasteiger partial charge in [0.2, 0.25) is 0 Å². The molecule has 26 heavy (non-hydrogen) atoms. The largest absolute Gasteiger partial charge is 0.348 e. The number of halogens is 1. The summed E-state index contributed by atoms with van der Waals surface area (Å²) in [6.07, 6.45) is 3.15. The molecule has 0 unspecified atom stereocenters. The van der Waals surface area contributed by atoms with Crippen LogP contribution in [-0.2, 0) is 0 Å². The Kier molecular flexibility index (Phi) is 5.76. The number of carbonyl (C=O) groups excluding carboxylic acids is 1. The van der Waals surface area contributed by atoms with E-state index in [4.69, 9.17) is 0 Å². The fourth-order valence-electron chi connectivity index (χ4n) is 3.01. The number of nitrogens with zero attached hydrogens (tertiary/aromatic N) is 2. The minimum absolute atomic E-state index is 0. The van der Waals surface area contributed by atoms with Crippen LogP contribution in [0.25, 0.3) is 15.9 Å². The summed E-state index contributed by atoms with van der Waals surface area (Å²) in [5.41, 5.74) is 3.24. The molecule has 0 saturated carbocycles. The van der Waals surface area contributed by atoms with Gasteiger partial charge >= 0.3 is 0 Å². The van der Waals surface area contributed by atoms with Crippen molar-refractivity contribution in [3.8, 4) is 5.69 Å². The molecule has 1 aliphatic heterocycles. The number of aromatic nitrogens is 2. The van der Waals surface area contributed by atoms with E-state index in [1.165, 1.54) is 16.9 Å². The highest BCUT2D eigenvalue weighted by Crippen LogP contribution is 2.30. The first-order valence-corrected chi connectivity index (χ1v) is 9.25. The van der Waals surface area contributed by atoms with Gasteiger partial charge < -0.3 is 10.6 Å². The third kappa shape index (κ3) is 3.67.